The third-order valence-corrected chi connectivity index (χ3v) is 7.31. The van der Waals surface area contributed by atoms with Crippen LogP contribution in [0.4, 0.5) is 30.7 Å². The maximum Gasteiger partial charge on any atom is 0.429 e. The monoisotopic (exact) mass is 578 g/mol. The van der Waals surface area contributed by atoms with E-state index in [0.717, 1.165) is 37.3 Å². The molecule has 1 aliphatic carbocycles. The molecule has 0 atom stereocenters. The van der Waals surface area contributed by atoms with Crippen molar-refractivity contribution in [1.29, 1.82) is 0 Å². The van der Waals surface area contributed by atoms with Gasteiger partial charge in [-0.05, 0) is 86.1 Å². The van der Waals surface area contributed by atoms with Gasteiger partial charge in [-0.3, -0.25) is 0 Å². The molecule has 0 heterocycles. The largest absolute Gasteiger partial charge is 0.453 e. The predicted molar refractivity (Wildman–Crippen MR) is 142 cm³/mol. The summed E-state index contributed by atoms with van der Waals surface area (Å²) >= 11 is 0. The number of allylic oxidation sites excluding steroid dienone is 2. The molecule has 0 saturated heterocycles. The minimum Gasteiger partial charge on any atom is -0.453 e. The molecule has 0 unspecified atom stereocenters. The Balaban J connectivity index is 1.43. The van der Waals surface area contributed by atoms with Crippen molar-refractivity contribution >= 4 is 0 Å². The third-order valence-electron chi connectivity index (χ3n) is 7.31. The second-order valence-electron chi connectivity index (χ2n) is 10.0. The summed E-state index contributed by atoms with van der Waals surface area (Å²) < 4.78 is 105. The lowest BCUT2D eigenvalue weighted by atomic mass is 9.77. The maximum absolute atomic E-state index is 14.8. The van der Waals surface area contributed by atoms with E-state index in [1.165, 1.54) is 30.9 Å². The Kier molecular flexibility index (Phi) is 9.78. The highest BCUT2D eigenvalue weighted by atomic mass is 19.3. The smallest absolute Gasteiger partial charge is 0.429 e. The first-order valence-corrected chi connectivity index (χ1v) is 13.3. The van der Waals surface area contributed by atoms with E-state index in [9.17, 15) is 30.7 Å². The first-order chi connectivity index (χ1) is 19.6. The van der Waals surface area contributed by atoms with Crippen molar-refractivity contribution < 1.29 is 40.2 Å². The maximum atomic E-state index is 14.8. The fourth-order valence-corrected chi connectivity index (χ4v) is 5.18. The van der Waals surface area contributed by atoms with Gasteiger partial charge in [0.1, 0.15) is 11.6 Å². The highest BCUT2D eigenvalue weighted by molar-refractivity contribution is 5.64. The molecular weight excluding hydrogens is 549 g/mol. The zero-order chi connectivity index (χ0) is 29.6. The number of hydrogen-bond donors (Lipinski definition) is 0. The van der Waals surface area contributed by atoms with Crippen molar-refractivity contribution in [1.82, 2.24) is 0 Å². The Bertz CT molecular complexity index is 1360. The lowest BCUT2D eigenvalue weighted by Gasteiger charge is -2.28. The molecule has 0 aromatic heterocycles. The van der Waals surface area contributed by atoms with E-state index >= 15 is 0 Å². The molecule has 41 heavy (non-hydrogen) atoms. The van der Waals surface area contributed by atoms with Crippen LogP contribution in [-0.2, 0) is 6.11 Å². The average Bonchev–Trinajstić information content (AvgIpc) is 2.92. The summed E-state index contributed by atoms with van der Waals surface area (Å²) in [5, 5.41) is 0. The van der Waals surface area contributed by atoms with Crippen LogP contribution >= 0.6 is 0 Å². The van der Waals surface area contributed by atoms with Crippen LogP contribution in [0.5, 0.6) is 11.5 Å². The van der Waals surface area contributed by atoms with Gasteiger partial charge in [-0.15, -0.1) is 0 Å². The Morgan fingerprint density at radius 3 is 2.07 bits per heavy atom. The molecule has 3 aromatic rings. The third kappa shape index (κ3) is 7.71. The number of rotatable bonds is 10. The molecule has 0 amide bonds. The molecule has 2 nitrogen and oxygen atoms in total. The summed E-state index contributed by atoms with van der Waals surface area (Å²) in [6.45, 7) is 2.03. The van der Waals surface area contributed by atoms with Gasteiger partial charge >= 0.3 is 12.2 Å². The van der Waals surface area contributed by atoms with Crippen LogP contribution in [0.15, 0.2) is 79.1 Å². The van der Waals surface area contributed by atoms with Gasteiger partial charge in [0.25, 0.3) is 0 Å². The first-order valence-electron chi connectivity index (χ1n) is 13.3. The zero-order valence-electron chi connectivity index (χ0n) is 22.3. The van der Waals surface area contributed by atoms with Crippen LogP contribution in [0.25, 0.3) is 11.1 Å². The summed E-state index contributed by atoms with van der Waals surface area (Å²) in [6, 6.07) is 11.3. The normalized spacial score (nSPS) is 17.5. The number of ether oxygens (including phenoxy) is 2. The molecule has 1 fully saturated rings. The molecule has 218 valence electrons. The summed E-state index contributed by atoms with van der Waals surface area (Å²) in [5.74, 6) is -5.44. The van der Waals surface area contributed by atoms with Crippen LogP contribution in [0.3, 0.4) is 0 Å². The van der Waals surface area contributed by atoms with Crippen LogP contribution in [0.2, 0.25) is 0 Å². The summed E-state index contributed by atoms with van der Waals surface area (Å²) in [5.41, 5.74) is 1.06. The number of hydrogen-bond acceptors (Lipinski definition) is 2. The zero-order valence-corrected chi connectivity index (χ0v) is 22.3. The molecule has 0 bridgehead atoms. The second kappa shape index (κ2) is 13.3. The topological polar surface area (TPSA) is 18.5 Å². The van der Waals surface area contributed by atoms with Gasteiger partial charge < -0.3 is 9.47 Å². The molecule has 3 aromatic carbocycles. The number of halogens is 7. The molecule has 0 radical (unpaired) electrons. The molecule has 0 spiro atoms. The van der Waals surface area contributed by atoms with E-state index in [0.29, 0.717) is 29.2 Å². The van der Waals surface area contributed by atoms with Crippen LogP contribution < -0.4 is 9.47 Å². The lowest BCUT2D eigenvalue weighted by molar-refractivity contribution is -0.187. The number of benzene rings is 3. The Morgan fingerprint density at radius 1 is 0.854 bits per heavy atom. The van der Waals surface area contributed by atoms with Gasteiger partial charge in [0.15, 0.2) is 23.6 Å². The standard InChI is InChI=1S/C32H29F7O2/c1-2-3-4-5-20-6-8-21(9-7-20)22-10-12-23(13-11-22)24-14-15-26(27(33)16-24)32(38,39)41-25-17-28(34)31(29(35)18-25)40-19-30(36)37/h2-3,10-21H,4-9H2,1H3/b3-2+. The van der Waals surface area contributed by atoms with Crippen molar-refractivity contribution in [2.24, 2.45) is 5.92 Å². The van der Waals surface area contributed by atoms with Gasteiger partial charge in [0, 0.05) is 12.1 Å². The van der Waals surface area contributed by atoms with Crippen LogP contribution in [-0.4, -0.2) is 0 Å². The molecule has 4 rings (SSSR count). The van der Waals surface area contributed by atoms with E-state index in [1.807, 2.05) is 31.2 Å². The molecule has 0 aliphatic heterocycles. The van der Waals surface area contributed by atoms with E-state index in [4.69, 9.17) is 0 Å². The van der Waals surface area contributed by atoms with E-state index in [-0.39, 0.29) is 6.26 Å². The second-order valence-corrected chi connectivity index (χ2v) is 10.0. The summed E-state index contributed by atoms with van der Waals surface area (Å²) in [7, 11) is 0. The fourth-order valence-electron chi connectivity index (χ4n) is 5.18. The first kappa shape index (κ1) is 30.2. The highest BCUT2D eigenvalue weighted by Crippen LogP contribution is 2.39. The van der Waals surface area contributed by atoms with Crippen LogP contribution in [0.1, 0.15) is 62.5 Å². The molecule has 1 aliphatic rings. The highest BCUT2D eigenvalue weighted by Gasteiger charge is 2.38. The van der Waals surface area contributed by atoms with Gasteiger partial charge in [-0.25, -0.2) is 13.2 Å². The molecular formula is C32H29F7O2. The van der Waals surface area contributed by atoms with Crippen molar-refractivity contribution in [3.05, 3.63) is 108 Å². The van der Waals surface area contributed by atoms with Crippen LogP contribution in [0, 0.1) is 23.4 Å². The molecule has 9 heteroatoms. The fraction of sp³-hybridized carbons (Fsp3) is 0.312. The van der Waals surface area contributed by atoms with Crippen molar-refractivity contribution in [3.8, 4) is 22.6 Å². The number of alkyl halides is 2. The minimum absolute atomic E-state index is 0.209. The summed E-state index contributed by atoms with van der Waals surface area (Å²) in [6.07, 6.45) is 4.30. The average molecular weight is 579 g/mol. The minimum atomic E-state index is -4.30. The SMILES string of the molecule is C/C=C/CCC1CCC(c2ccc(-c3ccc(C(F)(F)Oc4cc(F)c(OC=C(F)F)c(F)c4)c(F)c3)cc2)CC1. The predicted octanol–water partition coefficient (Wildman–Crippen LogP) is 10.6. The lowest BCUT2D eigenvalue weighted by Crippen LogP contribution is -2.23. The van der Waals surface area contributed by atoms with Crippen molar-refractivity contribution in [2.75, 3.05) is 0 Å². The van der Waals surface area contributed by atoms with Crippen molar-refractivity contribution in [2.45, 2.75) is 57.5 Å². The van der Waals surface area contributed by atoms with Gasteiger partial charge in [0.2, 0.25) is 0 Å². The Hall–Kier alpha value is -3.75. The van der Waals surface area contributed by atoms with Gasteiger partial charge in [-0.2, -0.15) is 17.6 Å². The van der Waals surface area contributed by atoms with E-state index in [2.05, 4.69) is 21.6 Å². The Morgan fingerprint density at radius 2 is 1.49 bits per heavy atom. The molecule has 0 N–H and O–H groups in total. The summed E-state index contributed by atoms with van der Waals surface area (Å²) in [4.78, 5) is 0. The van der Waals surface area contributed by atoms with E-state index < -0.39 is 46.7 Å². The van der Waals surface area contributed by atoms with Crippen molar-refractivity contribution in [3.63, 3.8) is 0 Å². The quantitative estimate of drug-likeness (QED) is 0.135. The van der Waals surface area contributed by atoms with Gasteiger partial charge in [0.05, 0.1) is 5.56 Å². The van der Waals surface area contributed by atoms with Gasteiger partial charge in [-0.1, -0.05) is 42.5 Å². The molecule has 1 saturated carbocycles. The Labute approximate surface area is 234 Å². The van der Waals surface area contributed by atoms with E-state index in [1.54, 1.807) is 0 Å².